The number of carboxylic acids is 1. The van der Waals surface area contributed by atoms with E-state index in [1.165, 1.54) is 54.3 Å². The molecule has 1 saturated heterocycles. The summed E-state index contributed by atoms with van der Waals surface area (Å²) < 4.78 is 2.38. The van der Waals surface area contributed by atoms with Crippen molar-refractivity contribution < 1.29 is 14.7 Å². The molecule has 3 aliphatic heterocycles. The number of nitrogens with zero attached hydrogens (tertiary/aromatic N) is 3. The molecule has 4 heterocycles. The van der Waals surface area contributed by atoms with Crippen LogP contribution in [0.25, 0.3) is 22.2 Å². The summed E-state index contributed by atoms with van der Waals surface area (Å²) >= 11 is 0. The van der Waals surface area contributed by atoms with Crippen LogP contribution in [0.1, 0.15) is 72.3 Å². The van der Waals surface area contributed by atoms with Crippen molar-refractivity contribution in [2.75, 3.05) is 31.6 Å². The molecule has 0 bridgehead atoms. The molecule has 2 fully saturated rings. The molecule has 7 rings (SSSR count). The molecule has 1 unspecified atom stereocenters. The summed E-state index contributed by atoms with van der Waals surface area (Å²) in [5.74, 6) is -0.158. The number of hydrogen-bond donors (Lipinski definition) is 1. The fourth-order valence-corrected chi connectivity index (χ4v) is 7.72. The van der Waals surface area contributed by atoms with Crippen LogP contribution in [-0.2, 0) is 16.8 Å². The van der Waals surface area contributed by atoms with Crippen LogP contribution < -0.4 is 4.90 Å². The Kier molecular flexibility index (Phi) is 4.88. The predicted octanol–water partition coefficient (Wildman–Crippen LogP) is 5.38. The van der Waals surface area contributed by atoms with Gasteiger partial charge in [-0.15, -0.1) is 0 Å². The van der Waals surface area contributed by atoms with Crippen molar-refractivity contribution in [3.8, 4) is 11.3 Å². The zero-order valence-corrected chi connectivity index (χ0v) is 20.9. The van der Waals surface area contributed by atoms with Gasteiger partial charge in [-0.1, -0.05) is 43.5 Å². The second-order valence-corrected chi connectivity index (χ2v) is 11.4. The first-order valence-electron chi connectivity index (χ1n) is 13.5. The predicted molar refractivity (Wildman–Crippen MR) is 141 cm³/mol. The number of rotatable bonds is 2. The minimum Gasteiger partial charge on any atom is -0.478 e. The maximum absolute atomic E-state index is 14.0. The number of fused-ring (bicyclic) bond motifs is 5. The number of benzene rings is 2. The van der Waals surface area contributed by atoms with Crippen LogP contribution in [0, 0.1) is 0 Å². The molecule has 1 aromatic heterocycles. The van der Waals surface area contributed by atoms with E-state index in [0.29, 0.717) is 18.0 Å². The van der Waals surface area contributed by atoms with E-state index in [1.54, 1.807) is 6.07 Å². The van der Waals surface area contributed by atoms with E-state index < -0.39 is 11.4 Å². The highest BCUT2D eigenvalue weighted by Crippen LogP contribution is 2.54. The number of hydrogen-bond acceptors (Lipinski definition) is 3. The van der Waals surface area contributed by atoms with E-state index in [0.717, 1.165) is 49.2 Å². The maximum Gasteiger partial charge on any atom is 0.335 e. The summed E-state index contributed by atoms with van der Waals surface area (Å²) in [6.07, 6.45) is 7.80. The SMILES string of the molecule is CN1CCC2(C1)C(=O)N1CCCn3c(c(C4CCCCC4)c4ccc(C(=O)O)cc43)-c3cccc2c31. The third kappa shape index (κ3) is 2.94. The number of aryl methyl sites for hydroxylation is 1. The molecule has 1 spiro atoms. The van der Waals surface area contributed by atoms with Crippen LogP contribution in [0.3, 0.4) is 0 Å². The first kappa shape index (κ1) is 22.1. The molecule has 186 valence electrons. The lowest BCUT2D eigenvalue weighted by molar-refractivity contribution is -0.122. The fraction of sp³-hybridized carbons (Fsp3) is 0.467. The van der Waals surface area contributed by atoms with Crippen LogP contribution in [0.5, 0.6) is 0 Å². The average Bonchev–Trinajstić information content (AvgIpc) is 3.50. The smallest absolute Gasteiger partial charge is 0.335 e. The number of likely N-dealkylation sites (tertiary alicyclic amines) is 1. The quantitative estimate of drug-likeness (QED) is 0.532. The molecule has 6 heteroatoms. The summed E-state index contributed by atoms with van der Waals surface area (Å²) in [5.41, 5.74) is 6.96. The monoisotopic (exact) mass is 483 g/mol. The molecule has 1 amide bonds. The van der Waals surface area contributed by atoms with Gasteiger partial charge >= 0.3 is 5.97 Å². The Morgan fingerprint density at radius 2 is 1.86 bits per heavy atom. The summed E-state index contributed by atoms with van der Waals surface area (Å²) in [7, 11) is 2.12. The van der Waals surface area contributed by atoms with Gasteiger partial charge in [0.05, 0.1) is 22.4 Å². The zero-order valence-electron chi connectivity index (χ0n) is 20.9. The Balaban J connectivity index is 1.54. The Morgan fingerprint density at radius 1 is 1.03 bits per heavy atom. The number of para-hydroxylation sites is 1. The number of aromatic nitrogens is 1. The number of carbonyl (C=O) groups is 2. The van der Waals surface area contributed by atoms with Gasteiger partial charge in [0.15, 0.2) is 0 Å². The molecule has 1 N–H and O–H groups in total. The van der Waals surface area contributed by atoms with Crippen molar-refractivity contribution in [3.63, 3.8) is 0 Å². The lowest BCUT2D eigenvalue weighted by atomic mass is 9.79. The van der Waals surface area contributed by atoms with Crippen LogP contribution in [-0.4, -0.2) is 53.1 Å². The van der Waals surface area contributed by atoms with Crippen molar-refractivity contribution in [2.45, 2.75) is 62.8 Å². The van der Waals surface area contributed by atoms with Gasteiger partial charge in [-0.3, -0.25) is 4.79 Å². The summed E-state index contributed by atoms with van der Waals surface area (Å²) in [4.78, 5) is 30.3. The van der Waals surface area contributed by atoms with E-state index in [9.17, 15) is 14.7 Å². The minimum atomic E-state index is -0.887. The second kappa shape index (κ2) is 7.94. The van der Waals surface area contributed by atoms with Gasteiger partial charge in [0.25, 0.3) is 0 Å². The van der Waals surface area contributed by atoms with Crippen LogP contribution in [0.4, 0.5) is 5.69 Å². The van der Waals surface area contributed by atoms with Crippen molar-refractivity contribution in [3.05, 3.63) is 53.1 Å². The van der Waals surface area contributed by atoms with Gasteiger partial charge in [0.1, 0.15) is 0 Å². The van der Waals surface area contributed by atoms with Crippen molar-refractivity contribution in [2.24, 2.45) is 0 Å². The van der Waals surface area contributed by atoms with Gasteiger partial charge < -0.3 is 19.5 Å². The largest absolute Gasteiger partial charge is 0.478 e. The standard InChI is InChI=1S/C30H33N3O3/c1-31-16-13-30(18-31)23-10-5-9-22-26(23)33(29(30)36)15-6-14-32-24-17-20(28(34)35)11-12-21(24)25(27(22)32)19-7-3-2-4-8-19/h5,9-12,17,19H,2-4,6-8,13-16,18H2,1H3,(H,34,35). The van der Waals surface area contributed by atoms with E-state index in [4.69, 9.17) is 0 Å². The number of likely N-dealkylation sites (N-methyl/N-ethyl adjacent to an activating group) is 1. The average molecular weight is 484 g/mol. The second-order valence-electron chi connectivity index (χ2n) is 11.4. The van der Waals surface area contributed by atoms with E-state index in [1.807, 2.05) is 12.1 Å². The molecule has 36 heavy (non-hydrogen) atoms. The number of amides is 1. The number of carboxylic acid groups (broad SMARTS) is 1. The molecular weight excluding hydrogens is 450 g/mol. The summed E-state index contributed by atoms with van der Waals surface area (Å²) in [6.45, 7) is 3.20. The van der Waals surface area contributed by atoms with Crippen LogP contribution in [0.2, 0.25) is 0 Å². The normalized spacial score (nSPS) is 24.2. The lowest BCUT2D eigenvalue weighted by Crippen LogP contribution is -2.42. The number of anilines is 1. The maximum atomic E-state index is 14.0. The first-order valence-corrected chi connectivity index (χ1v) is 13.5. The molecule has 1 atom stereocenters. The fourth-order valence-electron chi connectivity index (χ4n) is 7.72. The number of carbonyl (C=O) groups excluding carboxylic acids is 1. The van der Waals surface area contributed by atoms with Gasteiger partial charge in [0.2, 0.25) is 5.91 Å². The summed E-state index contributed by atoms with van der Waals surface area (Å²) in [6, 6.07) is 12.2. The van der Waals surface area contributed by atoms with Crippen LogP contribution in [0.15, 0.2) is 36.4 Å². The van der Waals surface area contributed by atoms with Gasteiger partial charge in [0, 0.05) is 36.1 Å². The van der Waals surface area contributed by atoms with Crippen molar-refractivity contribution >= 4 is 28.5 Å². The highest BCUT2D eigenvalue weighted by Gasteiger charge is 2.54. The van der Waals surface area contributed by atoms with E-state index in [2.05, 4.69) is 39.6 Å². The highest BCUT2D eigenvalue weighted by molar-refractivity contribution is 6.13. The third-order valence-electron chi connectivity index (χ3n) is 9.32. The molecule has 1 aliphatic carbocycles. The molecule has 1 saturated carbocycles. The van der Waals surface area contributed by atoms with E-state index >= 15 is 0 Å². The summed E-state index contributed by atoms with van der Waals surface area (Å²) in [5, 5.41) is 10.9. The Bertz CT molecular complexity index is 1420. The third-order valence-corrected chi connectivity index (χ3v) is 9.32. The minimum absolute atomic E-state index is 0.270. The van der Waals surface area contributed by atoms with Gasteiger partial charge in [-0.25, -0.2) is 4.79 Å². The molecular formula is C30H33N3O3. The van der Waals surface area contributed by atoms with Gasteiger partial charge in [-0.05, 0) is 68.5 Å². The number of aromatic carboxylic acids is 1. The molecule has 4 aliphatic rings. The molecule has 3 aromatic rings. The first-order chi connectivity index (χ1) is 17.5. The Morgan fingerprint density at radius 3 is 2.61 bits per heavy atom. The van der Waals surface area contributed by atoms with Crippen LogP contribution >= 0.6 is 0 Å². The Labute approximate surface area is 211 Å². The molecule has 6 nitrogen and oxygen atoms in total. The highest BCUT2D eigenvalue weighted by atomic mass is 16.4. The van der Waals surface area contributed by atoms with E-state index in [-0.39, 0.29) is 5.91 Å². The topological polar surface area (TPSA) is 65.8 Å². The lowest BCUT2D eigenvalue weighted by Gasteiger charge is -2.28. The molecule has 0 radical (unpaired) electrons. The van der Waals surface area contributed by atoms with Gasteiger partial charge in [-0.2, -0.15) is 0 Å². The molecule has 2 aromatic carbocycles. The zero-order chi connectivity index (χ0) is 24.6. The Hall–Kier alpha value is -3.12. The van der Waals surface area contributed by atoms with Crippen molar-refractivity contribution in [1.29, 1.82) is 0 Å². The van der Waals surface area contributed by atoms with Crippen molar-refractivity contribution in [1.82, 2.24) is 9.47 Å².